The number of nitrogens with two attached hydrogens (primary N) is 1. The van der Waals surface area contributed by atoms with Gasteiger partial charge in [0.25, 0.3) is 5.91 Å². The number of primary amides is 1. The number of ketones is 2. The number of nitrogens with zero attached hydrogens (tertiary/aromatic N) is 2. The van der Waals surface area contributed by atoms with E-state index in [9.17, 15) is 44.7 Å². The number of amides is 1. The summed E-state index contributed by atoms with van der Waals surface area (Å²) >= 11 is 1.05. The number of aliphatic hydroxyl groups is 4. The molecule has 0 spiro atoms. The number of Topliss-reactive ketones (excluding diaryl/α,β-unsaturated/α-hetero) is 2. The average molecular weight is 615 g/mol. The number of anilines is 2. The summed E-state index contributed by atoms with van der Waals surface area (Å²) in [6.07, 6.45) is -1.69. The Labute approximate surface area is 248 Å². The van der Waals surface area contributed by atoms with E-state index in [1.54, 1.807) is 19.9 Å². The molecule has 5 rings (SSSR count). The number of phenolic OH excluding ortho intramolecular Hbond substituents is 1. The van der Waals surface area contributed by atoms with Crippen LogP contribution in [0.5, 0.6) is 5.75 Å². The van der Waals surface area contributed by atoms with Gasteiger partial charge in [0.15, 0.2) is 22.2 Å². The van der Waals surface area contributed by atoms with Gasteiger partial charge in [0.1, 0.15) is 22.8 Å². The fourth-order valence-electron chi connectivity index (χ4n) is 6.46. The maximum absolute atomic E-state index is 14.1. The van der Waals surface area contributed by atoms with Gasteiger partial charge < -0.3 is 41.3 Å². The lowest BCUT2D eigenvalue weighted by molar-refractivity contribution is -0.169. The molecular weight excluding hydrogens is 584 g/mol. The molecule has 1 fully saturated rings. The highest BCUT2D eigenvalue weighted by Crippen LogP contribution is 2.56. The zero-order valence-corrected chi connectivity index (χ0v) is 24.3. The van der Waals surface area contributed by atoms with Crippen molar-refractivity contribution in [3.05, 3.63) is 51.2 Å². The third kappa shape index (κ3) is 4.22. The van der Waals surface area contributed by atoms with Gasteiger partial charge in [-0.25, -0.2) is 9.78 Å². The first kappa shape index (κ1) is 30.2. The minimum atomic E-state index is -3.00. The number of likely N-dealkylation sites (N-methyl/N-ethyl adjacent to an activating group) is 1. The molecule has 1 saturated carbocycles. The number of carbonyl (C=O) groups is 4. The molecule has 1 amide bonds. The second kappa shape index (κ2) is 10.4. The number of hydrogen-bond donors (Lipinski definition) is 7. The predicted octanol–water partition coefficient (Wildman–Crippen LogP) is 0.873. The van der Waals surface area contributed by atoms with E-state index in [0.717, 1.165) is 11.3 Å². The first-order valence-corrected chi connectivity index (χ1v) is 14.1. The summed E-state index contributed by atoms with van der Waals surface area (Å²) in [6.45, 7) is 3.44. The van der Waals surface area contributed by atoms with Crippen molar-refractivity contribution in [1.82, 2.24) is 9.88 Å². The Kier molecular flexibility index (Phi) is 7.33. The molecule has 14 nitrogen and oxygen atoms in total. The number of hydrogen-bond acceptors (Lipinski definition) is 14. The molecular formula is C28H30N4O10S. The predicted molar refractivity (Wildman–Crippen MR) is 152 cm³/mol. The molecule has 0 unspecified atom stereocenters. The van der Waals surface area contributed by atoms with Crippen LogP contribution in [0.3, 0.4) is 0 Å². The molecule has 3 aliphatic rings. The van der Waals surface area contributed by atoms with Crippen molar-refractivity contribution >= 4 is 51.4 Å². The van der Waals surface area contributed by atoms with Crippen LogP contribution in [0, 0.1) is 11.8 Å². The number of aromatic hydroxyl groups is 1. The van der Waals surface area contributed by atoms with Gasteiger partial charge in [-0.2, -0.15) is 0 Å². The van der Waals surface area contributed by atoms with E-state index in [1.807, 2.05) is 0 Å². The van der Waals surface area contributed by atoms with Crippen molar-refractivity contribution in [3.8, 4) is 5.75 Å². The topological polar surface area (TPSA) is 233 Å². The maximum atomic E-state index is 14.1. The third-order valence-electron chi connectivity index (χ3n) is 8.36. The Hall–Kier alpha value is -4.31. The van der Waals surface area contributed by atoms with Crippen LogP contribution in [0.25, 0.3) is 5.76 Å². The minimum absolute atomic E-state index is 0.0444. The van der Waals surface area contributed by atoms with Crippen LogP contribution in [0.1, 0.15) is 41.4 Å². The highest BCUT2D eigenvalue weighted by Gasteiger charge is 2.68. The van der Waals surface area contributed by atoms with Crippen LogP contribution in [-0.2, 0) is 19.1 Å². The van der Waals surface area contributed by atoms with Gasteiger partial charge in [0.05, 0.1) is 35.9 Å². The Morgan fingerprint density at radius 3 is 2.49 bits per heavy atom. The molecule has 6 atom stereocenters. The number of ether oxygens (including phenoxy) is 1. The molecule has 2 aromatic rings. The van der Waals surface area contributed by atoms with Crippen LogP contribution in [0.15, 0.2) is 34.4 Å². The number of carbonyl (C=O) groups excluding carboxylic acids is 4. The molecule has 1 heterocycles. The standard InChI is InChI=1S/C28H30N4O10S/c1-5-42-26(40)12-8-43-27(31-12)30-11-7-6-10-9(2)13-15(20(34)14(10)19(11)33)23(37)28(41)17(21(13)35)18(32(3)4)22(36)16(24(28)38)25(29)39/h6-9,13,17-18,21,33-35,38,41H,5H2,1-4H3,(H2,29,39)(H,30,31)/t9-,13+,17+,18-,21-,28-/m1/s1. The molecule has 3 aliphatic carbocycles. The number of rotatable bonds is 6. The minimum Gasteiger partial charge on any atom is -0.508 e. The van der Waals surface area contributed by atoms with Gasteiger partial charge in [-0.05, 0) is 38.6 Å². The zero-order chi connectivity index (χ0) is 31.7. The van der Waals surface area contributed by atoms with Gasteiger partial charge >= 0.3 is 5.97 Å². The SMILES string of the molecule is CCOC(=O)c1csc(Nc2ccc3c(c2O)C(O)=C2C(=O)[C@@]4(O)C(O)=C(C(N)=O)C(=O)[C@H](N(C)C)[C@H]4[C@H](O)[C@H]2[C@@H]3C)n1. The van der Waals surface area contributed by atoms with E-state index in [4.69, 9.17) is 10.5 Å². The van der Waals surface area contributed by atoms with Crippen LogP contribution < -0.4 is 11.1 Å². The Morgan fingerprint density at radius 2 is 1.88 bits per heavy atom. The summed E-state index contributed by atoms with van der Waals surface area (Å²) < 4.78 is 4.93. The number of aliphatic hydroxyl groups excluding tert-OH is 3. The number of aromatic nitrogens is 1. The van der Waals surface area contributed by atoms with E-state index < -0.39 is 87.4 Å². The molecule has 43 heavy (non-hydrogen) atoms. The Morgan fingerprint density at radius 1 is 1.21 bits per heavy atom. The smallest absolute Gasteiger partial charge is 0.357 e. The zero-order valence-electron chi connectivity index (χ0n) is 23.5. The van der Waals surface area contributed by atoms with Crippen molar-refractivity contribution in [1.29, 1.82) is 0 Å². The van der Waals surface area contributed by atoms with Crippen molar-refractivity contribution in [2.45, 2.75) is 37.5 Å². The van der Waals surface area contributed by atoms with Gasteiger partial charge in [0.2, 0.25) is 5.78 Å². The van der Waals surface area contributed by atoms with Crippen molar-refractivity contribution in [2.75, 3.05) is 26.0 Å². The van der Waals surface area contributed by atoms with E-state index in [0.29, 0.717) is 5.56 Å². The van der Waals surface area contributed by atoms with Crippen molar-refractivity contribution in [3.63, 3.8) is 0 Å². The summed E-state index contributed by atoms with van der Waals surface area (Å²) in [4.78, 5) is 56.9. The highest BCUT2D eigenvalue weighted by atomic mass is 32.1. The van der Waals surface area contributed by atoms with E-state index in [-0.39, 0.29) is 28.7 Å². The van der Waals surface area contributed by atoms with Crippen LogP contribution >= 0.6 is 11.3 Å². The van der Waals surface area contributed by atoms with Gasteiger partial charge in [-0.3, -0.25) is 19.3 Å². The molecule has 1 aromatic carbocycles. The molecule has 0 saturated heterocycles. The molecule has 0 radical (unpaired) electrons. The normalized spacial score (nSPS) is 28.4. The van der Waals surface area contributed by atoms with E-state index in [2.05, 4.69) is 10.3 Å². The molecule has 0 bridgehead atoms. The largest absolute Gasteiger partial charge is 0.508 e. The van der Waals surface area contributed by atoms with E-state index >= 15 is 0 Å². The number of thiazole rings is 1. The van der Waals surface area contributed by atoms with Crippen LogP contribution in [0.2, 0.25) is 0 Å². The number of fused-ring (bicyclic) bond motifs is 3. The van der Waals surface area contributed by atoms with Crippen LogP contribution in [-0.4, -0.2) is 97.3 Å². The summed E-state index contributed by atoms with van der Waals surface area (Å²) in [5.74, 6) is -10.4. The third-order valence-corrected chi connectivity index (χ3v) is 9.12. The quantitative estimate of drug-likeness (QED) is 0.136. The molecule has 228 valence electrons. The van der Waals surface area contributed by atoms with Gasteiger partial charge in [0, 0.05) is 16.9 Å². The summed E-state index contributed by atoms with van der Waals surface area (Å²) in [5, 5.41) is 61.7. The first-order valence-electron chi connectivity index (χ1n) is 13.3. The van der Waals surface area contributed by atoms with Crippen molar-refractivity contribution in [2.24, 2.45) is 17.6 Å². The molecule has 1 aromatic heterocycles. The molecule has 8 N–H and O–H groups in total. The number of benzene rings is 1. The Bertz CT molecular complexity index is 1650. The lowest BCUT2D eigenvalue weighted by Gasteiger charge is -2.53. The number of phenols is 1. The van der Waals surface area contributed by atoms with Crippen LogP contribution in [0.4, 0.5) is 10.8 Å². The number of esters is 1. The first-order chi connectivity index (χ1) is 20.2. The number of nitrogens with one attached hydrogen (secondary N) is 1. The summed E-state index contributed by atoms with van der Waals surface area (Å²) in [5.41, 5.74) is 1.12. The Balaban J connectivity index is 1.65. The fourth-order valence-corrected chi connectivity index (χ4v) is 7.15. The molecule has 0 aliphatic heterocycles. The second-order valence-electron chi connectivity index (χ2n) is 10.9. The van der Waals surface area contributed by atoms with Gasteiger partial charge in [-0.15, -0.1) is 11.3 Å². The fraction of sp³-hybridized carbons (Fsp3) is 0.393. The van der Waals surface area contributed by atoms with Gasteiger partial charge in [-0.1, -0.05) is 13.0 Å². The lowest BCUT2D eigenvalue weighted by Crippen LogP contribution is -2.70. The molecule has 15 heteroatoms. The van der Waals surface area contributed by atoms with E-state index in [1.165, 1.54) is 30.4 Å². The monoisotopic (exact) mass is 614 g/mol. The maximum Gasteiger partial charge on any atom is 0.357 e. The summed E-state index contributed by atoms with van der Waals surface area (Å²) in [6, 6.07) is 1.62. The average Bonchev–Trinajstić information content (AvgIpc) is 3.40. The lowest BCUT2D eigenvalue weighted by atomic mass is 9.54. The highest BCUT2D eigenvalue weighted by molar-refractivity contribution is 7.14. The van der Waals surface area contributed by atoms with Crippen molar-refractivity contribution < 1.29 is 49.4 Å². The second-order valence-corrected chi connectivity index (χ2v) is 11.7. The summed E-state index contributed by atoms with van der Waals surface area (Å²) in [7, 11) is 2.88.